The van der Waals surface area contributed by atoms with E-state index in [1.54, 1.807) is 49.3 Å². The SMILES string of the molecule is Cc1c(-c2cccc(C(c3cnc[nH]3)c3cccc(C(N)=O)c3O)c2C)cccc1C(c1ccc(C(=O)O)cc1)c1cnc[nH]1. The molecule has 2 heterocycles. The minimum atomic E-state index is -0.976. The normalized spacial score (nSPS) is 12.5. The van der Waals surface area contributed by atoms with Gasteiger partial charge in [0.1, 0.15) is 5.75 Å². The van der Waals surface area contributed by atoms with Crippen LogP contribution in [-0.4, -0.2) is 42.0 Å². The van der Waals surface area contributed by atoms with Gasteiger partial charge in [-0.2, -0.15) is 0 Å². The van der Waals surface area contributed by atoms with Gasteiger partial charge in [-0.25, -0.2) is 14.8 Å². The molecule has 9 nitrogen and oxygen atoms in total. The van der Waals surface area contributed by atoms with Crippen molar-refractivity contribution < 1.29 is 19.8 Å². The number of hydrogen-bond acceptors (Lipinski definition) is 5. The third-order valence-corrected chi connectivity index (χ3v) is 8.46. The lowest BCUT2D eigenvalue weighted by molar-refractivity contribution is 0.0696. The molecule has 2 atom stereocenters. The average molecular weight is 598 g/mol. The first kappa shape index (κ1) is 29.1. The molecule has 9 heteroatoms. The minimum Gasteiger partial charge on any atom is -0.507 e. The maximum Gasteiger partial charge on any atom is 0.335 e. The highest BCUT2D eigenvalue weighted by Gasteiger charge is 2.27. The Hall–Kier alpha value is -5.96. The van der Waals surface area contributed by atoms with Gasteiger partial charge in [0, 0.05) is 29.3 Å². The van der Waals surface area contributed by atoms with E-state index in [-0.39, 0.29) is 22.8 Å². The topological polar surface area (TPSA) is 158 Å². The number of nitrogens with two attached hydrogens (primary N) is 1. The number of primary amides is 1. The molecule has 6 N–H and O–H groups in total. The van der Waals surface area contributed by atoms with Crippen molar-refractivity contribution in [3.05, 3.63) is 160 Å². The molecule has 0 saturated carbocycles. The van der Waals surface area contributed by atoms with Crippen molar-refractivity contribution in [3.8, 4) is 16.9 Å². The Bertz CT molecular complexity index is 2000. The molecule has 2 aromatic heterocycles. The molecule has 45 heavy (non-hydrogen) atoms. The Balaban J connectivity index is 1.50. The summed E-state index contributed by atoms with van der Waals surface area (Å²) in [5.41, 5.74) is 15.0. The second kappa shape index (κ2) is 12.0. The number of carboxylic acids is 1. The van der Waals surface area contributed by atoms with Crippen LogP contribution in [0.5, 0.6) is 5.75 Å². The molecule has 0 aliphatic carbocycles. The average Bonchev–Trinajstić information content (AvgIpc) is 3.76. The van der Waals surface area contributed by atoms with Crippen molar-refractivity contribution in [1.82, 2.24) is 19.9 Å². The molecule has 0 saturated heterocycles. The van der Waals surface area contributed by atoms with Gasteiger partial charge in [0.25, 0.3) is 5.91 Å². The number of para-hydroxylation sites is 1. The first-order valence-corrected chi connectivity index (χ1v) is 14.4. The molecular formula is C36H31N5O4. The highest BCUT2D eigenvalue weighted by Crippen LogP contribution is 2.42. The third kappa shape index (κ3) is 5.36. The van der Waals surface area contributed by atoms with Crippen LogP contribution in [0.2, 0.25) is 0 Å². The monoisotopic (exact) mass is 597 g/mol. The van der Waals surface area contributed by atoms with Gasteiger partial charge in [-0.3, -0.25) is 4.79 Å². The van der Waals surface area contributed by atoms with Crippen LogP contribution in [0.4, 0.5) is 0 Å². The third-order valence-electron chi connectivity index (χ3n) is 8.46. The molecule has 0 fully saturated rings. The number of aromatic amines is 2. The highest BCUT2D eigenvalue weighted by molar-refractivity contribution is 5.96. The summed E-state index contributed by atoms with van der Waals surface area (Å²) >= 11 is 0. The summed E-state index contributed by atoms with van der Waals surface area (Å²) in [6.07, 6.45) is 6.72. The van der Waals surface area contributed by atoms with E-state index in [0.29, 0.717) is 5.56 Å². The number of rotatable bonds is 9. The molecule has 0 spiro atoms. The number of aromatic nitrogens is 4. The molecule has 0 bridgehead atoms. The van der Waals surface area contributed by atoms with Crippen molar-refractivity contribution in [1.29, 1.82) is 0 Å². The number of nitrogens with zero attached hydrogens (tertiary/aromatic N) is 2. The quantitative estimate of drug-likeness (QED) is 0.132. The van der Waals surface area contributed by atoms with Crippen LogP contribution in [0.15, 0.2) is 104 Å². The minimum absolute atomic E-state index is 0.0515. The van der Waals surface area contributed by atoms with Crippen LogP contribution in [0, 0.1) is 13.8 Å². The molecule has 0 aliphatic heterocycles. The highest BCUT2D eigenvalue weighted by atomic mass is 16.4. The van der Waals surface area contributed by atoms with Gasteiger partial charge in [0.15, 0.2) is 0 Å². The number of H-pyrrole nitrogens is 2. The number of carbonyl (C=O) groups is 2. The van der Waals surface area contributed by atoms with Gasteiger partial charge in [-0.05, 0) is 71.0 Å². The summed E-state index contributed by atoms with van der Waals surface area (Å²) < 4.78 is 0. The fraction of sp³-hybridized carbons (Fsp3) is 0.111. The predicted octanol–water partition coefficient (Wildman–Crippen LogP) is 6.28. The summed E-state index contributed by atoms with van der Waals surface area (Å²) in [6.45, 7) is 4.13. The second-order valence-corrected chi connectivity index (χ2v) is 11.0. The second-order valence-electron chi connectivity index (χ2n) is 11.0. The number of phenols is 1. The first-order valence-electron chi connectivity index (χ1n) is 14.4. The fourth-order valence-corrected chi connectivity index (χ4v) is 6.21. The number of nitrogens with one attached hydrogen (secondary N) is 2. The van der Waals surface area contributed by atoms with E-state index >= 15 is 0 Å². The van der Waals surface area contributed by atoms with E-state index < -0.39 is 17.8 Å². The van der Waals surface area contributed by atoms with Crippen LogP contribution in [-0.2, 0) is 0 Å². The van der Waals surface area contributed by atoms with Gasteiger partial charge >= 0.3 is 5.97 Å². The van der Waals surface area contributed by atoms with E-state index in [1.165, 1.54) is 6.07 Å². The molecular weight excluding hydrogens is 566 g/mol. The molecule has 224 valence electrons. The van der Waals surface area contributed by atoms with Gasteiger partial charge < -0.3 is 25.9 Å². The van der Waals surface area contributed by atoms with E-state index in [0.717, 1.165) is 50.3 Å². The first-order chi connectivity index (χ1) is 21.8. The predicted molar refractivity (Wildman–Crippen MR) is 170 cm³/mol. The number of benzene rings is 4. The summed E-state index contributed by atoms with van der Waals surface area (Å²) in [5, 5.41) is 20.6. The number of aromatic hydroxyl groups is 1. The summed E-state index contributed by atoms with van der Waals surface area (Å²) in [7, 11) is 0. The zero-order chi connectivity index (χ0) is 31.7. The zero-order valence-electron chi connectivity index (χ0n) is 24.7. The maximum absolute atomic E-state index is 12.1. The number of carbonyl (C=O) groups excluding carboxylic acids is 1. The fourth-order valence-electron chi connectivity index (χ4n) is 6.21. The van der Waals surface area contributed by atoms with Crippen molar-refractivity contribution in [2.24, 2.45) is 5.73 Å². The van der Waals surface area contributed by atoms with Crippen LogP contribution >= 0.6 is 0 Å². The molecule has 1 amide bonds. The van der Waals surface area contributed by atoms with Crippen molar-refractivity contribution >= 4 is 11.9 Å². The zero-order valence-corrected chi connectivity index (χ0v) is 24.7. The van der Waals surface area contributed by atoms with Crippen molar-refractivity contribution in [3.63, 3.8) is 0 Å². The maximum atomic E-state index is 12.1. The Morgan fingerprint density at radius 2 is 1.22 bits per heavy atom. The van der Waals surface area contributed by atoms with Crippen LogP contribution < -0.4 is 5.73 Å². The lowest BCUT2D eigenvalue weighted by Crippen LogP contribution is -2.13. The number of amides is 1. The molecule has 4 aromatic carbocycles. The number of aromatic carboxylic acids is 1. The van der Waals surface area contributed by atoms with Crippen LogP contribution in [0.25, 0.3) is 11.1 Å². The van der Waals surface area contributed by atoms with E-state index in [1.807, 2.05) is 37.3 Å². The van der Waals surface area contributed by atoms with Gasteiger partial charge in [-0.1, -0.05) is 60.7 Å². The smallest absolute Gasteiger partial charge is 0.335 e. The molecule has 2 unspecified atom stereocenters. The largest absolute Gasteiger partial charge is 0.507 e. The van der Waals surface area contributed by atoms with Crippen molar-refractivity contribution in [2.45, 2.75) is 25.7 Å². The number of hydrogen-bond donors (Lipinski definition) is 5. The Morgan fingerprint density at radius 3 is 1.73 bits per heavy atom. The molecule has 6 aromatic rings. The van der Waals surface area contributed by atoms with Gasteiger partial charge in [0.05, 0.1) is 35.6 Å². The van der Waals surface area contributed by atoms with E-state index in [9.17, 15) is 19.8 Å². The standard InChI is InChI=1S/C36H31N5O4/c1-20-24(6-3-8-26(20)32(30-16-38-18-40-30)22-12-14-23(15-13-22)36(44)45)25-7-4-9-27(21(25)2)33(31-17-39-19-41-31)28-10-5-11-29(34(28)42)35(37)43/h3-19,32-33,42H,1-2H3,(H2,37,43)(H,38,40)(H,39,41)(H,44,45). The lowest BCUT2D eigenvalue weighted by Gasteiger charge is -2.24. The number of carboxylic acid groups (broad SMARTS) is 1. The Kier molecular flexibility index (Phi) is 7.75. The van der Waals surface area contributed by atoms with E-state index in [4.69, 9.17) is 5.73 Å². The number of imidazole rings is 2. The Morgan fingerprint density at radius 1 is 0.711 bits per heavy atom. The summed E-state index contributed by atoms with van der Waals surface area (Å²) in [6, 6.07) is 24.2. The summed E-state index contributed by atoms with van der Waals surface area (Å²) in [4.78, 5) is 38.6. The Labute approximate surface area is 259 Å². The van der Waals surface area contributed by atoms with Gasteiger partial charge in [-0.15, -0.1) is 0 Å². The summed E-state index contributed by atoms with van der Waals surface area (Å²) in [5.74, 6) is -2.52. The van der Waals surface area contributed by atoms with Gasteiger partial charge in [0.2, 0.25) is 0 Å². The molecule has 0 aliphatic rings. The van der Waals surface area contributed by atoms with Crippen LogP contribution in [0.3, 0.4) is 0 Å². The molecule has 0 radical (unpaired) electrons. The van der Waals surface area contributed by atoms with Crippen molar-refractivity contribution in [2.75, 3.05) is 0 Å². The van der Waals surface area contributed by atoms with E-state index in [2.05, 4.69) is 45.1 Å². The molecule has 6 rings (SSSR count). The van der Waals surface area contributed by atoms with Crippen LogP contribution in [0.1, 0.15) is 77.3 Å². The lowest BCUT2D eigenvalue weighted by atomic mass is 9.80.